The van der Waals surface area contributed by atoms with E-state index in [-0.39, 0.29) is 5.91 Å². The molecule has 0 aliphatic carbocycles. The monoisotopic (exact) mass is 296 g/mol. The maximum absolute atomic E-state index is 11.9. The standard InChI is InChI=1S/C15H24N2O2S/c1-4-11(2)10-20-8-7-15(18)17-13-9-12(16)5-6-14(13)19-3/h5-6,9,11H,4,7-8,10,16H2,1-3H3,(H,17,18). The predicted molar refractivity (Wildman–Crippen MR) is 87.4 cm³/mol. The number of carbonyl (C=O) groups excluding carboxylic acids is 1. The lowest BCUT2D eigenvalue weighted by Crippen LogP contribution is -2.13. The van der Waals surface area contributed by atoms with Gasteiger partial charge in [-0.3, -0.25) is 4.79 Å². The summed E-state index contributed by atoms with van der Waals surface area (Å²) >= 11 is 1.82. The van der Waals surface area contributed by atoms with Gasteiger partial charge in [0.1, 0.15) is 5.75 Å². The molecule has 0 saturated heterocycles. The van der Waals surface area contributed by atoms with Gasteiger partial charge in [-0.1, -0.05) is 20.3 Å². The number of methoxy groups -OCH3 is 1. The van der Waals surface area contributed by atoms with Gasteiger partial charge >= 0.3 is 0 Å². The van der Waals surface area contributed by atoms with E-state index in [2.05, 4.69) is 19.2 Å². The molecule has 4 nitrogen and oxygen atoms in total. The molecule has 3 N–H and O–H groups in total. The lowest BCUT2D eigenvalue weighted by molar-refractivity contribution is -0.115. The first kappa shape index (κ1) is 16.7. The van der Waals surface area contributed by atoms with Gasteiger partial charge in [-0.25, -0.2) is 0 Å². The van der Waals surface area contributed by atoms with Crippen LogP contribution in [0.1, 0.15) is 26.7 Å². The van der Waals surface area contributed by atoms with E-state index in [1.54, 1.807) is 25.3 Å². The summed E-state index contributed by atoms with van der Waals surface area (Å²) in [5, 5.41) is 2.85. The molecule has 1 unspecified atom stereocenters. The molecule has 5 heteroatoms. The molecule has 0 bridgehead atoms. The smallest absolute Gasteiger partial charge is 0.225 e. The van der Waals surface area contributed by atoms with Crippen molar-refractivity contribution in [1.29, 1.82) is 0 Å². The summed E-state index contributed by atoms with van der Waals surface area (Å²) < 4.78 is 5.20. The van der Waals surface area contributed by atoms with Crippen molar-refractivity contribution < 1.29 is 9.53 Å². The average Bonchev–Trinajstić information content (AvgIpc) is 2.43. The van der Waals surface area contributed by atoms with Gasteiger partial charge in [-0.05, 0) is 29.9 Å². The second-order valence-electron chi connectivity index (χ2n) is 4.85. The quantitative estimate of drug-likeness (QED) is 0.570. The van der Waals surface area contributed by atoms with E-state index in [0.29, 0.717) is 29.5 Å². The van der Waals surface area contributed by atoms with E-state index in [1.807, 2.05) is 11.8 Å². The van der Waals surface area contributed by atoms with Crippen molar-refractivity contribution in [1.82, 2.24) is 0 Å². The molecule has 0 fully saturated rings. The Labute approximate surface area is 125 Å². The number of carbonyl (C=O) groups is 1. The SMILES string of the molecule is CCC(C)CSCCC(=O)Nc1cc(N)ccc1OC. The van der Waals surface area contributed by atoms with Gasteiger partial charge < -0.3 is 15.8 Å². The highest BCUT2D eigenvalue weighted by Crippen LogP contribution is 2.26. The number of anilines is 2. The van der Waals surface area contributed by atoms with Crippen LogP contribution in [0.3, 0.4) is 0 Å². The Morgan fingerprint density at radius 3 is 2.90 bits per heavy atom. The first-order valence-electron chi connectivity index (χ1n) is 6.88. The molecule has 0 aliphatic rings. The molecule has 20 heavy (non-hydrogen) atoms. The highest BCUT2D eigenvalue weighted by molar-refractivity contribution is 7.99. The van der Waals surface area contributed by atoms with Crippen LogP contribution in [0.15, 0.2) is 18.2 Å². The van der Waals surface area contributed by atoms with E-state index in [1.165, 1.54) is 6.42 Å². The molecule has 0 heterocycles. The van der Waals surface area contributed by atoms with Gasteiger partial charge in [0.05, 0.1) is 12.8 Å². The van der Waals surface area contributed by atoms with Crippen LogP contribution in [0.2, 0.25) is 0 Å². The van der Waals surface area contributed by atoms with Crippen molar-refractivity contribution in [3.8, 4) is 5.75 Å². The lowest BCUT2D eigenvalue weighted by Gasteiger charge is -2.11. The summed E-state index contributed by atoms with van der Waals surface area (Å²) in [6.07, 6.45) is 1.68. The number of rotatable bonds is 8. The number of ether oxygens (including phenoxy) is 1. The maximum atomic E-state index is 11.9. The van der Waals surface area contributed by atoms with Crippen molar-refractivity contribution in [2.75, 3.05) is 29.7 Å². The van der Waals surface area contributed by atoms with Gasteiger partial charge in [0, 0.05) is 17.9 Å². The van der Waals surface area contributed by atoms with E-state index in [9.17, 15) is 4.79 Å². The lowest BCUT2D eigenvalue weighted by atomic mass is 10.2. The zero-order valence-electron chi connectivity index (χ0n) is 12.4. The molecule has 0 aromatic heterocycles. The molecule has 1 amide bonds. The first-order chi connectivity index (χ1) is 9.56. The Morgan fingerprint density at radius 1 is 1.50 bits per heavy atom. The molecule has 0 saturated carbocycles. The van der Waals surface area contributed by atoms with Gasteiger partial charge in [0.2, 0.25) is 5.91 Å². The predicted octanol–water partition coefficient (Wildman–Crippen LogP) is 3.39. The van der Waals surface area contributed by atoms with E-state index >= 15 is 0 Å². The molecule has 0 aliphatic heterocycles. The van der Waals surface area contributed by atoms with Crippen LogP contribution in [-0.4, -0.2) is 24.5 Å². The summed E-state index contributed by atoms with van der Waals surface area (Å²) in [5.41, 5.74) is 6.95. The zero-order chi connectivity index (χ0) is 15.0. The minimum absolute atomic E-state index is 0.00875. The van der Waals surface area contributed by atoms with Crippen LogP contribution in [0, 0.1) is 5.92 Å². The van der Waals surface area contributed by atoms with Crippen LogP contribution in [0.4, 0.5) is 11.4 Å². The van der Waals surface area contributed by atoms with E-state index in [4.69, 9.17) is 10.5 Å². The fourth-order valence-electron chi connectivity index (χ4n) is 1.60. The van der Waals surface area contributed by atoms with Gasteiger partial charge in [0.25, 0.3) is 0 Å². The Balaban J connectivity index is 2.40. The summed E-state index contributed by atoms with van der Waals surface area (Å²) in [6, 6.07) is 5.21. The number of benzene rings is 1. The second-order valence-corrected chi connectivity index (χ2v) is 6.00. The maximum Gasteiger partial charge on any atom is 0.225 e. The largest absolute Gasteiger partial charge is 0.495 e. The van der Waals surface area contributed by atoms with Crippen molar-refractivity contribution in [3.63, 3.8) is 0 Å². The van der Waals surface area contributed by atoms with Gasteiger partial charge in [0.15, 0.2) is 0 Å². The number of hydrogen-bond acceptors (Lipinski definition) is 4. The van der Waals surface area contributed by atoms with Crippen LogP contribution in [-0.2, 0) is 4.79 Å². The van der Waals surface area contributed by atoms with E-state index in [0.717, 1.165) is 11.5 Å². The molecule has 0 radical (unpaired) electrons. The fourth-order valence-corrected chi connectivity index (χ4v) is 2.74. The number of nitrogen functional groups attached to an aromatic ring is 1. The molecule has 1 aromatic carbocycles. The van der Waals surface area contributed by atoms with Crippen molar-refractivity contribution >= 4 is 29.0 Å². The third-order valence-corrected chi connectivity index (χ3v) is 4.37. The summed E-state index contributed by atoms with van der Waals surface area (Å²) in [4.78, 5) is 11.9. The molecule has 112 valence electrons. The van der Waals surface area contributed by atoms with Crippen LogP contribution in [0.25, 0.3) is 0 Å². The average molecular weight is 296 g/mol. The molecule has 1 rings (SSSR count). The Hall–Kier alpha value is -1.36. The minimum Gasteiger partial charge on any atom is -0.495 e. The second kappa shape index (κ2) is 8.74. The molecule has 1 atom stereocenters. The summed E-state index contributed by atoms with van der Waals surface area (Å²) in [6.45, 7) is 4.41. The minimum atomic E-state index is -0.00875. The third kappa shape index (κ3) is 5.74. The number of nitrogens with two attached hydrogens (primary N) is 1. The molecule has 1 aromatic rings. The Kier molecular flexibility index (Phi) is 7.30. The highest BCUT2D eigenvalue weighted by atomic mass is 32.2. The zero-order valence-corrected chi connectivity index (χ0v) is 13.3. The third-order valence-electron chi connectivity index (χ3n) is 3.07. The molecular weight excluding hydrogens is 272 g/mol. The highest BCUT2D eigenvalue weighted by Gasteiger charge is 2.08. The Morgan fingerprint density at radius 2 is 2.25 bits per heavy atom. The number of thioether (sulfide) groups is 1. The number of nitrogens with one attached hydrogen (secondary N) is 1. The van der Waals surface area contributed by atoms with Gasteiger partial charge in [-0.15, -0.1) is 0 Å². The molecule has 0 spiro atoms. The van der Waals surface area contributed by atoms with Crippen LogP contribution >= 0.6 is 11.8 Å². The topological polar surface area (TPSA) is 64.4 Å². The van der Waals surface area contributed by atoms with Crippen molar-refractivity contribution in [2.24, 2.45) is 5.92 Å². The first-order valence-corrected chi connectivity index (χ1v) is 8.03. The van der Waals surface area contributed by atoms with Crippen LogP contribution in [0.5, 0.6) is 5.75 Å². The number of amides is 1. The van der Waals surface area contributed by atoms with Crippen molar-refractivity contribution in [3.05, 3.63) is 18.2 Å². The van der Waals surface area contributed by atoms with Crippen LogP contribution < -0.4 is 15.8 Å². The number of hydrogen-bond donors (Lipinski definition) is 2. The Bertz CT molecular complexity index is 438. The van der Waals surface area contributed by atoms with Gasteiger partial charge in [-0.2, -0.15) is 11.8 Å². The summed E-state index contributed by atoms with van der Waals surface area (Å²) in [5.74, 6) is 3.26. The van der Waals surface area contributed by atoms with E-state index < -0.39 is 0 Å². The van der Waals surface area contributed by atoms with Crippen molar-refractivity contribution in [2.45, 2.75) is 26.7 Å². The normalized spacial score (nSPS) is 11.9. The fraction of sp³-hybridized carbons (Fsp3) is 0.533. The molecular formula is C15H24N2O2S. The summed E-state index contributed by atoms with van der Waals surface area (Å²) in [7, 11) is 1.57.